The van der Waals surface area contributed by atoms with E-state index in [0.717, 1.165) is 0 Å². The maximum absolute atomic E-state index is 11.3. The average molecular weight is 205 g/mol. The van der Waals surface area contributed by atoms with Gasteiger partial charge >= 0.3 is 6.03 Å². The minimum absolute atomic E-state index is 0.0313. The molecule has 5 nitrogen and oxygen atoms in total. The molecule has 0 aliphatic heterocycles. The van der Waals surface area contributed by atoms with Crippen LogP contribution in [-0.2, 0) is 4.79 Å². The smallest absolute Gasteiger partial charge is 0.277 e. The molecule has 1 rings (SSSR count). The van der Waals surface area contributed by atoms with Crippen molar-refractivity contribution in [2.24, 2.45) is 5.92 Å². The largest absolute Gasteiger partial charge is 0.332 e. The Bertz CT molecular complexity index is 389. The van der Waals surface area contributed by atoms with Crippen LogP contribution in [0.1, 0.15) is 13.3 Å². The maximum atomic E-state index is 11.3. The zero-order valence-electron chi connectivity index (χ0n) is 8.30. The number of amides is 2. The zero-order chi connectivity index (χ0) is 11.3. The minimum atomic E-state index is -0.505. The van der Waals surface area contributed by atoms with E-state index in [1.807, 2.05) is 6.07 Å². The van der Waals surface area contributed by atoms with Gasteiger partial charge in [0.2, 0.25) is 5.91 Å². The zero-order valence-corrected chi connectivity index (χ0v) is 8.30. The molecule has 0 bridgehead atoms. The summed E-state index contributed by atoms with van der Waals surface area (Å²) in [5.74, 6) is -0.829. The number of imide groups is 1. The molecule has 0 radical (unpaired) electrons. The Hall–Kier alpha value is -2.09. The lowest BCUT2D eigenvalue weighted by Gasteiger charge is -2.04. The number of rotatable bonds is 2. The number of nitrogens with zero attached hydrogens (tertiary/aromatic N) is 2. The summed E-state index contributed by atoms with van der Waals surface area (Å²) in [6.07, 6.45) is 3.11. The van der Waals surface area contributed by atoms with E-state index >= 15 is 0 Å². The molecule has 0 aliphatic carbocycles. The van der Waals surface area contributed by atoms with Gasteiger partial charge < -0.3 is 0 Å². The molecule has 1 aromatic rings. The summed E-state index contributed by atoms with van der Waals surface area (Å²) in [7, 11) is 0. The normalized spacial score (nSPS) is 11.5. The van der Waals surface area contributed by atoms with Crippen LogP contribution in [0.4, 0.5) is 4.79 Å². The molecule has 0 aromatic carbocycles. The topological polar surface area (TPSA) is 74.9 Å². The van der Waals surface area contributed by atoms with Gasteiger partial charge in [0.25, 0.3) is 0 Å². The molecule has 1 aromatic heterocycles. The second kappa shape index (κ2) is 4.96. The predicted molar refractivity (Wildman–Crippen MR) is 52.8 cm³/mol. The van der Waals surface area contributed by atoms with E-state index in [4.69, 9.17) is 5.26 Å². The van der Waals surface area contributed by atoms with Crippen LogP contribution in [-0.4, -0.2) is 16.5 Å². The molecule has 1 heterocycles. The first-order valence-electron chi connectivity index (χ1n) is 4.50. The number of carbonyl (C=O) groups is 2. The Kier molecular flexibility index (Phi) is 3.63. The van der Waals surface area contributed by atoms with E-state index < -0.39 is 11.9 Å². The fourth-order valence-electron chi connectivity index (χ4n) is 1.03. The number of nitrogens with one attached hydrogen (secondary N) is 1. The highest BCUT2D eigenvalue weighted by molar-refractivity contribution is 5.95. The van der Waals surface area contributed by atoms with E-state index in [-0.39, 0.29) is 12.3 Å². The summed E-state index contributed by atoms with van der Waals surface area (Å²) < 4.78 is 1.26. The van der Waals surface area contributed by atoms with Crippen molar-refractivity contribution >= 4 is 11.9 Å². The van der Waals surface area contributed by atoms with Crippen LogP contribution in [0, 0.1) is 17.2 Å². The van der Waals surface area contributed by atoms with Crippen LogP contribution in [0.5, 0.6) is 0 Å². The molecule has 0 saturated carbocycles. The van der Waals surface area contributed by atoms with Gasteiger partial charge in [0.05, 0.1) is 12.0 Å². The quantitative estimate of drug-likeness (QED) is 0.786. The van der Waals surface area contributed by atoms with Crippen LogP contribution in [0.15, 0.2) is 24.5 Å². The summed E-state index contributed by atoms with van der Waals surface area (Å²) in [4.78, 5) is 22.6. The number of carbonyl (C=O) groups excluding carboxylic acids is 2. The van der Waals surface area contributed by atoms with Crippen molar-refractivity contribution in [1.82, 2.24) is 9.88 Å². The molecule has 78 valence electrons. The van der Waals surface area contributed by atoms with Crippen molar-refractivity contribution in [3.63, 3.8) is 0 Å². The second-order valence-electron chi connectivity index (χ2n) is 3.18. The van der Waals surface area contributed by atoms with Gasteiger partial charge in [0.1, 0.15) is 0 Å². The predicted octanol–water partition coefficient (Wildman–Crippen LogP) is 1.12. The maximum Gasteiger partial charge on any atom is 0.332 e. The van der Waals surface area contributed by atoms with Crippen LogP contribution >= 0.6 is 0 Å². The first kappa shape index (κ1) is 11.0. The van der Waals surface area contributed by atoms with Crippen LogP contribution in [0.25, 0.3) is 0 Å². The third-order valence-electron chi connectivity index (χ3n) is 1.80. The van der Waals surface area contributed by atoms with Crippen molar-refractivity contribution in [3.05, 3.63) is 24.5 Å². The number of nitriles is 1. The van der Waals surface area contributed by atoms with E-state index in [2.05, 4.69) is 5.32 Å². The summed E-state index contributed by atoms with van der Waals surface area (Å²) in [6.45, 7) is 1.62. The average Bonchev–Trinajstić information content (AvgIpc) is 2.70. The molecule has 1 unspecified atom stereocenters. The lowest BCUT2D eigenvalue weighted by molar-refractivity contribution is -0.120. The molecule has 15 heavy (non-hydrogen) atoms. The monoisotopic (exact) mass is 205 g/mol. The van der Waals surface area contributed by atoms with Crippen molar-refractivity contribution in [3.8, 4) is 6.07 Å². The highest BCUT2D eigenvalue weighted by atomic mass is 16.2. The molecule has 0 aliphatic rings. The van der Waals surface area contributed by atoms with E-state index in [1.165, 1.54) is 17.0 Å². The van der Waals surface area contributed by atoms with Gasteiger partial charge in [-0.3, -0.25) is 14.7 Å². The number of hydrogen-bond acceptors (Lipinski definition) is 3. The Labute approximate surface area is 87.3 Å². The molecular weight excluding hydrogens is 194 g/mol. The number of hydrogen-bond donors (Lipinski definition) is 1. The van der Waals surface area contributed by atoms with Crippen LogP contribution in [0.2, 0.25) is 0 Å². The third kappa shape index (κ3) is 3.27. The van der Waals surface area contributed by atoms with Gasteiger partial charge in [-0.2, -0.15) is 5.26 Å². The third-order valence-corrected chi connectivity index (χ3v) is 1.80. The lowest BCUT2D eigenvalue weighted by Crippen LogP contribution is -2.34. The van der Waals surface area contributed by atoms with Gasteiger partial charge in [-0.15, -0.1) is 0 Å². The van der Waals surface area contributed by atoms with Crippen molar-refractivity contribution in [1.29, 1.82) is 5.26 Å². The number of aromatic nitrogens is 1. The minimum Gasteiger partial charge on any atom is -0.277 e. The molecule has 0 spiro atoms. The van der Waals surface area contributed by atoms with E-state index in [1.54, 1.807) is 19.1 Å². The SMILES string of the molecule is CC(C#N)CC(=O)NC(=O)n1cccc1. The first-order chi connectivity index (χ1) is 7.13. The Balaban J connectivity index is 2.46. The Morgan fingerprint density at radius 1 is 1.47 bits per heavy atom. The Morgan fingerprint density at radius 3 is 2.60 bits per heavy atom. The Morgan fingerprint density at radius 2 is 2.07 bits per heavy atom. The highest BCUT2D eigenvalue weighted by Gasteiger charge is 2.11. The van der Waals surface area contributed by atoms with Crippen LogP contribution in [0.3, 0.4) is 0 Å². The summed E-state index contributed by atoms with van der Waals surface area (Å²) in [5.41, 5.74) is 0. The molecule has 5 heteroatoms. The summed E-state index contributed by atoms with van der Waals surface area (Å²) in [5, 5.41) is 10.7. The molecule has 2 amide bonds. The molecule has 0 fully saturated rings. The van der Waals surface area contributed by atoms with Gasteiger partial charge in [0.15, 0.2) is 0 Å². The van der Waals surface area contributed by atoms with Crippen molar-refractivity contribution in [2.45, 2.75) is 13.3 Å². The summed E-state index contributed by atoms with van der Waals surface area (Å²) in [6, 6.07) is 4.79. The van der Waals surface area contributed by atoms with E-state index in [0.29, 0.717) is 0 Å². The highest BCUT2D eigenvalue weighted by Crippen LogP contribution is 1.98. The molecule has 1 N–H and O–H groups in total. The van der Waals surface area contributed by atoms with Gasteiger partial charge in [-0.1, -0.05) is 0 Å². The van der Waals surface area contributed by atoms with Crippen molar-refractivity contribution < 1.29 is 9.59 Å². The van der Waals surface area contributed by atoms with Crippen LogP contribution < -0.4 is 5.32 Å². The van der Waals surface area contributed by atoms with Crippen molar-refractivity contribution in [2.75, 3.05) is 0 Å². The fraction of sp³-hybridized carbons (Fsp3) is 0.300. The molecule has 1 atom stereocenters. The summed E-state index contributed by atoms with van der Waals surface area (Å²) >= 11 is 0. The fourth-order valence-corrected chi connectivity index (χ4v) is 1.03. The van der Waals surface area contributed by atoms with Gasteiger partial charge in [0, 0.05) is 18.8 Å². The molecule has 0 saturated heterocycles. The molecular formula is C10H11N3O2. The lowest BCUT2D eigenvalue weighted by atomic mass is 10.1. The first-order valence-corrected chi connectivity index (χ1v) is 4.50. The van der Waals surface area contributed by atoms with Gasteiger partial charge in [-0.25, -0.2) is 4.79 Å². The van der Waals surface area contributed by atoms with Gasteiger partial charge in [-0.05, 0) is 19.1 Å². The van der Waals surface area contributed by atoms with E-state index in [9.17, 15) is 9.59 Å². The standard InChI is InChI=1S/C10H11N3O2/c1-8(7-11)6-9(14)12-10(15)13-4-2-3-5-13/h2-5,8H,6H2,1H3,(H,12,14,15). The second-order valence-corrected chi connectivity index (χ2v) is 3.18.